The zero-order valence-corrected chi connectivity index (χ0v) is 12.9. The second kappa shape index (κ2) is 6.65. The summed E-state index contributed by atoms with van der Waals surface area (Å²) in [4.78, 5) is 23.2. The third-order valence-electron chi connectivity index (χ3n) is 3.40. The molecule has 7 nitrogen and oxygen atoms in total. The molecule has 0 aliphatic rings. The van der Waals surface area contributed by atoms with Gasteiger partial charge in [0, 0.05) is 25.3 Å². The number of rotatable bonds is 5. The number of fused-ring (bicyclic) bond motifs is 1. The summed E-state index contributed by atoms with van der Waals surface area (Å²) in [5.41, 5.74) is 1.64. The Balaban J connectivity index is 1.95. The van der Waals surface area contributed by atoms with Crippen LogP contribution in [0.1, 0.15) is 20.3 Å². The molecule has 2 aromatic rings. The summed E-state index contributed by atoms with van der Waals surface area (Å²) < 4.78 is 6.47. The fourth-order valence-corrected chi connectivity index (χ4v) is 2.32. The Hall–Kier alpha value is -2.28. The zero-order valence-electron chi connectivity index (χ0n) is 12.9. The smallest absolute Gasteiger partial charge is 0.408 e. The Morgan fingerprint density at radius 1 is 1.41 bits per heavy atom. The standard InChI is InChI=1S/C15H21N3O4/c1-9(6-10(2)19)8-16-14(20)17-11-4-5-12-13(7-11)22-15(21)18(12)3/h4-5,7,9-10,19H,6,8H2,1-3H3,(H2,16,17,20). The highest BCUT2D eigenvalue weighted by molar-refractivity contribution is 5.91. The summed E-state index contributed by atoms with van der Waals surface area (Å²) in [6, 6.07) is 4.69. The average molecular weight is 307 g/mol. The van der Waals surface area contributed by atoms with Gasteiger partial charge in [-0.3, -0.25) is 4.57 Å². The molecule has 0 fully saturated rings. The summed E-state index contributed by atoms with van der Waals surface area (Å²) in [6.07, 6.45) is 0.241. The number of hydrogen-bond donors (Lipinski definition) is 3. The number of benzene rings is 1. The minimum absolute atomic E-state index is 0.181. The molecule has 0 radical (unpaired) electrons. The number of urea groups is 1. The topological polar surface area (TPSA) is 96.5 Å². The molecule has 3 N–H and O–H groups in total. The lowest BCUT2D eigenvalue weighted by molar-refractivity contribution is 0.163. The molecule has 2 unspecified atom stereocenters. The van der Waals surface area contributed by atoms with Crippen LogP contribution >= 0.6 is 0 Å². The van der Waals surface area contributed by atoms with Crippen LogP contribution in [-0.4, -0.2) is 28.4 Å². The number of nitrogens with one attached hydrogen (secondary N) is 2. The summed E-state index contributed by atoms with van der Waals surface area (Å²) in [5.74, 6) is -0.260. The van der Waals surface area contributed by atoms with Gasteiger partial charge in [0.1, 0.15) is 0 Å². The van der Waals surface area contributed by atoms with E-state index >= 15 is 0 Å². The van der Waals surface area contributed by atoms with E-state index in [1.165, 1.54) is 4.57 Å². The molecule has 0 aliphatic heterocycles. The van der Waals surface area contributed by atoms with Crippen LogP contribution in [0.25, 0.3) is 11.1 Å². The molecule has 2 rings (SSSR count). The summed E-state index contributed by atoms with van der Waals surface area (Å²) in [5, 5.41) is 14.7. The average Bonchev–Trinajstić information content (AvgIpc) is 2.71. The van der Waals surface area contributed by atoms with E-state index in [4.69, 9.17) is 4.42 Å². The van der Waals surface area contributed by atoms with Crippen molar-refractivity contribution in [2.24, 2.45) is 13.0 Å². The van der Waals surface area contributed by atoms with Gasteiger partial charge in [-0.1, -0.05) is 6.92 Å². The second-order valence-corrected chi connectivity index (χ2v) is 5.63. The maximum absolute atomic E-state index is 11.8. The van der Waals surface area contributed by atoms with Gasteiger partial charge >= 0.3 is 11.8 Å². The van der Waals surface area contributed by atoms with E-state index < -0.39 is 5.76 Å². The molecule has 2 atom stereocenters. The van der Waals surface area contributed by atoms with Crippen molar-refractivity contribution < 1.29 is 14.3 Å². The Morgan fingerprint density at radius 3 is 2.82 bits per heavy atom. The normalized spacial score (nSPS) is 13.8. The Bertz CT molecular complexity index is 717. The number of nitrogens with zero attached hydrogens (tertiary/aromatic N) is 1. The van der Waals surface area contributed by atoms with Crippen LogP contribution in [0.15, 0.2) is 27.4 Å². The van der Waals surface area contributed by atoms with E-state index in [-0.39, 0.29) is 18.1 Å². The first-order chi connectivity index (χ1) is 10.4. The fraction of sp³-hybridized carbons (Fsp3) is 0.467. The van der Waals surface area contributed by atoms with Gasteiger partial charge in [-0.25, -0.2) is 9.59 Å². The van der Waals surface area contributed by atoms with E-state index in [0.717, 1.165) is 0 Å². The molecule has 22 heavy (non-hydrogen) atoms. The lowest BCUT2D eigenvalue weighted by atomic mass is 10.1. The van der Waals surface area contributed by atoms with E-state index in [1.807, 2.05) is 6.92 Å². The minimum Gasteiger partial charge on any atom is -0.408 e. The van der Waals surface area contributed by atoms with Gasteiger partial charge in [0.05, 0.1) is 11.6 Å². The zero-order chi connectivity index (χ0) is 16.3. The highest BCUT2D eigenvalue weighted by Crippen LogP contribution is 2.17. The minimum atomic E-state index is -0.441. The first-order valence-electron chi connectivity index (χ1n) is 7.19. The Labute approximate surface area is 127 Å². The maximum Gasteiger partial charge on any atom is 0.419 e. The largest absolute Gasteiger partial charge is 0.419 e. The van der Waals surface area contributed by atoms with Gasteiger partial charge in [0.2, 0.25) is 0 Å². The third-order valence-corrected chi connectivity index (χ3v) is 3.40. The number of aromatic nitrogens is 1. The molecular formula is C15H21N3O4. The number of anilines is 1. The van der Waals surface area contributed by atoms with Crippen LogP contribution in [0.4, 0.5) is 10.5 Å². The summed E-state index contributed by atoms with van der Waals surface area (Å²) >= 11 is 0. The summed E-state index contributed by atoms with van der Waals surface area (Å²) in [7, 11) is 1.62. The predicted molar refractivity (Wildman–Crippen MR) is 83.9 cm³/mol. The van der Waals surface area contributed by atoms with Gasteiger partial charge in [-0.15, -0.1) is 0 Å². The number of oxazole rings is 1. The molecule has 0 saturated carbocycles. The molecule has 120 valence electrons. The van der Waals surface area contributed by atoms with Crippen molar-refractivity contribution in [2.45, 2.75) is 26.4 Å². The molecule has 7 heteroatoms. The number of amides is 2. The van der Waals surface area contributed by atoms with Crippen LogP contribution in [0, 0.1) is 5.92 Å². The summed E-state index contributed by atoms with van der Waals surface area (Å²) in [6.45, 7) is 4.15. The first kappa shape index (κ1) is 16.1. The van der Waals surface area contributed by atoms with E-state index in [9.17, 15) is 14.7 Å². The van der Waals surface area contributed by atoms with Crippen LogP contribution in [-0.2, 0) is 7.05 Å². The number of aliphatic hydroxyl groups excluding tert-OH is 1. The maximum atomic E-state index is 11.8. The van der Waals surface area contributed by atoms with Gasteiger partial charge in [-0.05, 0) is 31.4 Å². The van der Waals surface area contributed by atoms with Crippen molar-refractivity contribution in [3.63, 3.8) is 0 Å². The number of carbonyl (C=O) groups excluding carboxylic acids is 1. The van der Waals surface area contributed by atoms with Crippen LogP contribution in [0.2, 0.25) is 0 Å². The molecule has 0 saturated heterocycles. The quantitative estimate of drug-likeness (QED) is 0.782. The number of hydrogen-bond acceptors (Lipinski definition) is 4. The number of carbonyl (C=O) groups is 1. The Morgan fingerprint density at radius 2 is 2.14 bits per heavy atom. The molecule has 0 aliphatic carbocycles. The van der Waals surface area contributed by atoms with Crippen LogP contribution in [0.5, 0.6) is 0 Å². The van der Waals surface area contributed by atoms with Crippen LogP contribution in [0.3, 0.4) is 0 Å². The van der Waals surface area contributed by atoms with Crippen molar-refractivity contribution in [1.82, 2.24) is 9.88 Å². The van der Waals surface area contributed by atoms with Gasteiger partial charge < -0.3 is 20.2 Å². The highest BCUT2D eigenvalue weighted by atomic mass is 16.4. The van der Waals surface area contributed by atoms with Crippen molar-refractivity contribution >= 4 is 22.8 Å². The molecule has 0 spiro atoms. The van der Waals surface area contributed by atoms with Crippen molar-refractivity contribution in [2.75, 3.05) is 11.9 Å². The SMILES string of the molecule is CC(O)CC(C)CNC(=O)Nc1ccc2c(c1)oc(=O)n2C. The highest BCUT2D eigenvalue weighted by Gasteiger charge is 2.10. The lowest BCUT2D eigenvalue weighted by Gasteiger charge is -2.14. The molecule has 1 aromatic heterocycles. The molecule has 1 aromatic carbocycles. The van der Waals surface area contributed by atoms with E-state index in [2.05, 4.69) is 10.6 Å². The number of aryl methyl sites for hydroxylation is 1. The molecule has 0 bridgehead atoms. The monoisotopic (exact) mass is 307 g/mol. The molecule has 2 amide bonds. The number of aliphatic hydroxyl groups is 1. The fourth-order valence-electron chi connectivity index (χ4n) is 2.32. The van der Waals surface area contributed by atoms with Gasteiger partial charge in [0.25, 0.3) is 0 Å². The van der Waals surface area contributed by atoms with E-state index in [0.29, 0.717) is 29.8 Å². The van der Waals surface area contributed by atoms with Gasteiger partial charge in [-0.2, -0.15) is 0 Å². The first-order valence-corrected chi connectivity index (χ1v) is 7.19. The van der Waals surface area contributed by atoms with Gasteiger partial charge in [0.15, 0.2) is 5.58 Å². The third kappa shape index (κ3) is 3.88. The van der Waals surface area contributed by atoms with Crippen LogP contribution < -0.4 is 16.4 Å². The lowest BCUT2D eigenvalue weighted by Crippen LogP contribution is -2.33. The molecular weight excluding hydrogens is 286 g/mol. The van der Waals surface area contributed by atoms with Crippen molar-refractivity contribution in [3.05, 3.63) is 28.7 Å². The van der Waals surface area contributed by atoms with Crippen molar-refractivity contribution in [3.8, 4) is 0 Å². The Kier molecular flexibility index (Phi) is 4.87. The van der Waals surface area contributed by atoms with E-state index in [1.54, 1.807) is 32.2 Å². The molecule has 1 heterocycles. The van der Waals surface area contributed by atoms with Crippen molar-refractivity contribution in [1.29, 1.82) is 0 Å². The second-order valence-electron chi connectivity index (χ2n) is 5.63. The predicted octanol–water partition coefficient (Wildman–Crippen LogP) is 1.66.